The Labute approximate surface area is 154 Å². The molecular formula is C20H25N3O3. The van der Waals surface area contributed by atoms with Crippen molar-refractivity contribution in [1.29, 1.82) is 0 Å². The Kier molecular flexibility index (Phi) is 6.72. The Morgan fingerprint density at radius 1 is 1.15 bits per heavy atom. The number of anilines is 1. The van der Waals surface area contributed by atoms with Gasteiger partial charge in [0.1, 0.15) is 17.6 Å². The van der Waals surface area contributed by atoms with E-state index in [1.807, 2.05) is 33.8 Å². The molecule has 0 unspecified atom stereocenters. The summed E-state index contributed by atoms with van der Waals surface area (Å²) in [5, 5.41) is 5.56. The topological polar surface area (TPSA) is 80.3 Å². The first-order valence-corrected chi connectivity index (χ1v) is 8.68. The summed E-state index contributed by atoms with van der Waals surface area (Å²) >= 11 is 0. The predicted octanol–water partition coefficient (Wildman–Crippen LogP) is 3.18. The molecule has 0 saturated carbocycles. The second-order valence-electron chi connectivity index (χ2n) is 6.36. The fourth-order valence-electron chi connectivity index (χ4n) is 2.44. The molecule has 0 spiro atoms. The van der Waals surface area contributed by atoms with E-state index in [1.54, 1.807) is 36.5 Å². The quantitative estimate of drug-likeness (QED) is 0.799. The molecule has 1 heterocycles. The van der Waals surface area contributed by atoms with Crippen LogP contribution in [0, 0.1) is 12.8 Å². The molecule has 0 bridgehead atoms. The lowest BCUT2D eigenvalue weighted by Crippen LogP contribution is -2.47. The number of nitrogens with zero attached hydrogens (tertiary/aromatic N) is 1. The van der Waals surface area contributed by atoms with Crippen LogP contribution >= 0.6 is 0 Å². The van der Waals surface area contributed by atoms with Crippen molar-refractivity contribution < 1.29 is 14.3 Å². The minimum Gasteiger partial charge on any atom is -0.494 e. The van der Waals surface area contributed by atoms with E-state index in [1.165, 1.54) is 0 Å². The number of nitrogens with one attached hydrogen (secondary N) is 2. The van der Waals surface area contributed by atoms with E-state index in [-0.39, 0.29) is 17.7 Å². The molecule has 2 amide bonds. The molecule has 0 aliphatic carbocycles. The van der Waals surface area contributed by atoms with Gasteiger partial charge in [-0.25, -0.2) is 4.98 Å². The van der Waals surface area contributed by atoms with E-state index in [0.717, 1.165) is 5.56 Å². The van der Waals surface area contributed by atoms with E-state index >= 15 is 0 Å². The van der Waals surface area contributed by atoms with Crippen LogP contribution in [0.3, 0.4) is 0 Å². The summed E-state index contributed by atoms with van der Waals surface area (Å²) in [7, 11) is 0. The third-order valence-corrected chi connectivity index (χ3v) is 3.83. The van der Waals surface area contributed by atoms with Crippen LogP contribution in [0.15, 0.2) is 42.6 Å². The molecule has 0 saturated heterocycles. The number of aromatic nitrogens is 1. The summed E-state index contributed by atoms with van der Waals surface area (Å²) in [6, 6.07) is 9.79. The summed E-state index contributed by atoms with van der Waals surface area (Å²) in [4.78, 5) is 29.2. The van der Waals surface area contributed by atoms with E-state index < -0.39 is 6.04 Å². The van der Waals surface area contributed by atoms with Crippen LogP contribution in [0.1, 0.15) is 36.7 Å². The number of pyridine rings is 1. The second kappa shape index (κ2) is 8.99. The first kappa shape index (κ1) is 19.4. The van der Waals surface area contributed by atoms with Crippen LogP contribution in [0.5, 0.6) is 5.75 Å². The number of benzene rings is 1. The van der Waals surface area contributed by atoms with Crippen molar-refractivity contribution in [3.05, 3.63) is 53.7 Å². The normalized spacial score (nSPS) is 11.7. The molecule has 6 heteroatoms. The largest absolute Gasteiger partial charge is 0.494 e. The molecule has 2 N–H and O–H groups in total. The van der Waals surface area contributed by atoms with Gasteiger partial charge in [0.25, 0.3) is 5.91 Å². The maximum absolute atomic E-state index is 12.6. The first-order chi connectivity index (χ1) is 12.4. The number of hydrogen-bond donors (Lipinski definition) is 2. The van der Waals surface area contributed by atoms with Gasteiger partial charge in [0, 0.05) is 11.8 Å². The van der Waals surface area contributed by atoms with Gasteiger partial charge in [-0.1, -0.05) is 13.8 Å². The third kappa shape index (κ3) is 5.31. The molecule has 138 valence electrons. The van der Waals surface area contributed by atoms with Gasteiger partial charge in [-0.05, 0) is 61.7 Å². The van der Waals surface area contributed by atoms with Gasteiger partial charge in [-0.3, -0.25) is 9.59 Å². The zero-order valence-electron chi connectivity index (χ0n) is 15.6. The van der Waals surface area contributed by atoms with Crippen LogP contribution < -0.4 is 15.4 Å². The van der Waals surface area contributed by atoms with Crippen molar-refractivity contribution in [2.24, 2.45) is 5.92 Å². The monoisotopic (exact) mass is 355 g/mol. The Bertz CT molecular complexity index is 757. The van der Waals surface area contributed by atoms with Gasteiger partial charge in [0.2, 0.25) is 5.91 Å². The van der Waals surface area contributed by atoms with E-state index in [2.05, 4.69) is 15.6 Å². The van der Waals surface area contributed by atoms with Crippen LogP contribution in [0.4, 0.5) is 5.82 Å². The van der Waals surface area contributed by atoms with Crippen LogP contribution in [0.2, 0.25) is 0 Å². The molecule has 0 fully saturated rings. The van der Waals surface area contributed by atoms with Gasteiger partial charge in [-0.15, -0.1) is 0 Å². The second-order valence-corrected chi connectivity index (χ2v) is 6.36. The molecule has 1 aromatic heterocycles. The molecule has 0 aliphatic heterocycles. The zero-order valence-corrected chi connectivity index (χ0v) is 15.6. The minimum absolute atomic E-state index is 0.0774. The van der Waals surface area contributed by atoms with Gasteiger partial charge in [0.05, 0.1) is 6.61 Å². The molecule has 0 aliphatic rings. The maximum atomic E-state index is 12.6. The number of carbonyl (C=O) groups excluding carboxylic acids is 2. The van der Waals surface area contributed by atoms with Gasteiger partial charge in [0.15, 0.2) is 0 Å². The highest BCUT2D eigenvalue weighted by atomic mass is 16.5. The number of ether oxygens (including phenoxy) is 1. The zero-order chi connectivity index (χ0) is 19.1. The molecule has 6 nitrogen and oxygen atoms in total. The van der Waals surface area contributed by atoms with E-state index in [9.17, 15) is 9.59 Å². The lowest BCUT2D eigenvalue weighted by Gasteiger charge is -2.21. The maximum Gasteiger partial charge on any atom is 0.251 e. The van der Waals surface area contributed by atoms with E-state index in [4.69, 9.17) is 4.74 Å². The van der Waals surface area contributed by atoms with Crippen molar-refractivity contribution in [2.75, 3.05) is 11.9 Å². The summed E-state index contributed by atoms with van der Waals surface area (Å²) in [6.45, 7) is 8.15. The Balaban J connectivity index is 2.06. The Hall–Kier alpha value is -2.89. The lowest BCUT2D eigenvalue weighted by molar-refractivity contribution is -0.118. The van der Waals surface area contributed by atoms with Crippen molar-refractivity contribution in [1.82, 2.24) is 10.3 Å². The molecule has 26 heavy (non-hydrogen) atoms. The van der Waals surface area contributed by atoms with Crippen molar-refractivity contribution in [2.45, 2.75) is 33.7 Å². The fourth-order valence-corrected chi connectivity index (χ4v) is 2.44. The summed E-state index contributed by atoms with van der Waals surface area (Å²) in [5.41, 5.74) is 1.47. The molecule has 0 radical (unpaired) electrons. The average molecular weight is 355 g/mol. The van der Waals surface area contributed by atoms with E-state index in [0.29, 0.717) is 23.7 Å². The summed E-state index contributed by atoms with van der Waals surface area (Å²) in [5.74, 6) is 0.492. The van der Waals surface area contributed by atoms with Crippen molar-refractivity contribution >= 4 is 17.6 Å². The molecule has 2 rings (SSSR count). The van der Waals surface area contributed by atoms with Crippen LogP contribution in [0.25, 0.3) is 0 Å². The summed E-state index contributed by atoms with van der Waals surface area (Å²) < 4.78 is 5.37. The highest BCUT2D eigenvalue weighted by Crippen LogP contribution is 2.14. The molecular weight excluding hydrogens is 330 g/mol. The number of hydrogen-bond acceptors (Lipinski definition) is 4. The standard InChI is InChI=1S/C20H25N3O3/c1-5-26-16-8-6-15(7-9-16)19(24)23-18(13(2)3)20(25)22-17-12-14(4)10-11-21-17/h6-13,18H,5H2,1-4H3,(H,23,24)(H,21,22,25)/t18-/m0/s1. The van der Waals surface area contributed by atoms with Crippen molar-refractivity contribution in [3.63, 3.8) is 0 Å². The highest BCUT2D eigenvalue weighted by Gasteiger charge is 2.25. The molecule has 1 atom stereocenters. The summed E-state index contributed by atoms with van der Waals surface area (Å²) in [6.07, 6.45) is 1.63. The highest BCUT2D eigenvalue weighted by molar-refractivity contribution is 6.01. The van der Waals surface area contributed by atoms with Crippen LogP contribution in [-0.4, -0.2) is 29.4 Å². The average Bonchev–Trinajstić information content (AvgIpc) is 2.60. The molecule has 1 aromatic carbocycles. The number of rotatable bonds is 7. The SMILES string of the molecule is CCOc1ccc(C(=O)N[C@H](C(=O)Nc2cc(C)ccn2)C(C)C)cc1. The fraction of sp³-hybridized carbons (Fsp3) is 0.350. The predicted molar refractivity (Wildman–Crippen MR) is 101 cm³/mol. The van der Waals surface area contributed by atoms with Crippen molar-refractivity contribution in [3.8, 4) is 5.75 Å². The molecule has 2 aromatic rings. The number of carbonyl (C=O) groups is 2. The third-order valence-electron chi connectivity index (χ3n) is 3.83. The number of aryl methyl sites for hydroxylation is 1. The van der Waals surface area contributed by atoms with Crippen LogP contribution in [-0.2, 0) is 4.79 Å². The smallest absolute Gasteiger partial charge is 0.251 e. The Morgan fingerprint density at radius 2 is 1.85 bits per heavy atom. The number of amides is 2. The Morgan fingerprint density at radius 3 is 2.42 bits per heavy atom. The van der Waals surface area contributed by atoms with Gasteiger partial charge >= 0.3 is 0 Å². The minimum atomic E-state index is -0.670. The first-order valence-electron chi connectivity index (χ1n) is 8.68. The lowest BCUT2D eigenvalue weighted by atomic mass is 10.0. The van der Waals surface area contributed by atoms with Gasteiger partial charge < -0.3 is 15.4 Å². The van der Waals surface area contributed by atoms with Gasteiger partial charge in [-0.2, -0.15) is 0 Å².